The van der Waals surface area contributed by atoms with Crippen LogP contribution in [0.3, 0.4) is 0 Å². The van der Waals surface area contributed by atoms with Gasteiger partial charge >= 0.3 is 6.09 Å². The Bertz CT molecular complexity index is 945. The topological polar surface area (TPSA) is 97.6 Å². The van der Waals surface area contributed by atoms with E-state index < -0.39 is 17.4 Å². The molecule has 0 spiro atoms. The Morgan fingerprint density at radius 3 is 2.62 bits per heavy atom. The third kappa shape index (κ3) is 4.33. The molecule has 0 aliphatic heterocycles. The molecule has 0 saturated heterocycles. The first-order valence-corrected chi connectivity index (χ1v) is 9.79. The average molecular weight is 403 g/mol. The number of hydrogen-bond donors (Lipinski definition) is 2. The van der Waals surface area contributed by atoms with Crippen molar-refractivity contribution < 1.29 is 18.7 Å². The van der Waals surface area contributed by atoms with E-state index in [2.05, 4.69) is 20.7 Å². The third-order valence-electron chi connectivity index (χ3n) is 5.34. The zero-order chi connectivity index (χ0) is 20.9. The van der Waals surface area contributed by atoms with Crippen molar-refractivity contribution in [2.24, 2.45) is 5.41 Å². The van der Waals surface area contributed by atoms with E-state index in [1.807, 2.05) is 6.07 Å². The lowest BCUT2D eigenvalue weighted by Gasteiger charge is -2.65. The molecule has 156 valence electrons. The molecule has 2 N–H and O–H groups in total. The van der Waals surface area contributed by atoms with Crippen LogP contribution in [0.2, 0.25) is 0 Å². The highest BCUT2D eigenvalue weighted by molar-refractivity contribution is 5.77. The van der Waals surface area contributed by atoms with Gasteiger partial charge in [0.05, 0.1) is 24.6 Å². The predicted molar refractivity (Wildman–Crippen MR) is 103 cm³/mol. The Morgan fingerprint density at radius 1 is 1.24 bits per heavy atom. The Labute approximate surface area is 168 Å². The first kappa shape index (κ1) is 19.6. The van der Waals surface area contributed by atoms with Crippen molar-refractivity contribution in [2.45, 2.75) is 70.8 Å². The van der Waals surface area contributed by atoms with Crippen molar-refractivity contribution in [2.75, 3.05) is 0 Å². The normalized spacial score (nSPS) is 25.1. The van der Waals surface area contributed by atoms with Gasteiger partial charge in [-0.15, -0.1) is 0 Å². The van der Waals surface area contributed by atoms with E-state index in [1.54, 1.807) is 37.7 Å². The van der Waals surface area contributed by atoms with Crippen molar-refractivity contribution in [3.8, 4) is 0 Å². The Balaban J connectivity index is 1.29. The fourth-order valence-corrected chi connectivity index (χ4v) is 4.28. The van der Waals surface area contributed by atoms with Crippen LogP contribution in [0, 0.1) is 5.41 Å². The molecule has 8 nitrogen and oxygen atoms in total. The molecule has 9 heteroatoms. The van der Waals surface area contributed by atoms with Crippen LogP contribution >= 0.6 is 0 Å². The lowest BCUT2D eigenvalue weighted by Crippen LogP contribution is -2.65. The molecule has 2 aromatic rings. The van der Waals surface area contributed by atoms with Crippen molar-refractivity contribution in [1.29, 1.82) is 0 Å². The highest BCUT2D eigenvalue weighted by atomic mass is 19.1. The number of ether oxygens (including phenoxy) is 1. The SMILES string of the molecule is CC(C)(C)OC(=O)NCc1cn2ncc(CNC(=O)CC34CC(F)(C3)C4)cc2n1. The zero-order valence-corrected chi connectivity index (χ0v) is 16.9. The smallest absolute Gasteiger partial charge is 0.407 e. The van der Waals surface area contributed by atoms with Gasteiger partial charge in [0.25, 0.3) is 0 Å². The molecule has 2 heterocycles. The van der Waals surface area contributed by atoms with Crippen LogP contribution in [-0.4, -0.2) is 37.9 Å². The minimum atomic E-state index is -0.980. The fourth-order valence-electron chi connectivity index (χ4n) is 4.28. The second-order valence-electron chi connectivity index (χ2n) is 9.39. The number of hydrogen-bond acceptors (Lipinski definition) is 5. The Kier molecular flexibility index (Phi) is 4.51. The number of carbonyl (C=O) groups is 2. The maximum atomic E-state index is 13.6. The fraction of sp³-hybridized carbons (Fsp3) is 0.600. The van der Waals surface area contributed by atoms with Crippen LogP contribution < -0.4 is 10.6 Å². The molecule has 2 amide bonds. The van der Waals surface area contributed by atoms with E-state index in [0.29, 0.717) is 43.6 Å². The number of halogens is 1. The number of rotatable bonds is 6. The van der Waals surface area contributed by atoms with Crippen LogP contribution in [0.1, 0.15) is 57.7 Å². The number of imidazole rings is 1. The lowest BCUT2D eigenvalue weighted by atomic mass is 9.41. The third-order valence-corrected chi connectivity index (χ3v) is 5.34. The van der Waals surface area contributed by atoms with E-state index in [9.17, 15) is 14.0 Å². The van der Waals surface area contributed by atoms with Crippen LogP contribution in [-0.2, 0) is 22.6 Å². The van der Waals surface area contributed by atoms with Crippen LogP contribution in [0.15, 0.2) is 18.5 Å². The standard InChI is InChI=1S/C20H26FN5O3/c1-18(2,3)29-17(28)23-8-14-9-26-15(25-14)4-13(7-24-26)6-22-16(27)5-19-10-20(21,11-19)12-19/h4,7,9H,5-6,8,10-12H2,1-3H3,(H,22,27)(H,23,28). The highest BCUT2D eigenvalue weighted by Gasteiger charge is 2.69. The van der Waals surface area contributed by atoms with E-state index >= 15 is 0 Å². The summed E-state index contributed by atoms with van der Waals surface area (Å²) in [6.07, 6.45) is 4.84. The molecule has 2 bridgehead atoms. The molecule has 3 aliphatic rings. The van der Waals surface area contributed by atoms with Gasteiger partial charge in [0, 0.05) is 13.0 Å². The van der Waals surface area contributed by atoms with E-state index in [-0.39, 0.29) is 17.9 Å². The molecule has 5 rings (SSSR count). The van der Waals surface area contributed by atoms with Gasteiger partial charge in [0.15, 0.2) is 5.65 Å². The molecule has 3 fully saturated rings. The molecule has 3 aliphatic carbocycles. The van der Waals surface area contributed by atoms with Gasteiger partial charge in [-0.05, 0) is 57.1 Å². The lowest BCUT2D eigenvalue weighted by molar-refractivity contribution is -0.215. The maximum Gasteiger partial charge on any atom is 0.407 e. The minimum absolute atomic E-state index is 0.0581. The molecule has 0 aromatic carbocycles. The molecule has 0 atom stereocenters. The summed E-state index contributed by atoms with van der Waals surface area (Å²) in [6.45, 7) is 5.97. The number of aromatic nitrogens is 3. The Morgan fingerprint density at radius 2 is 1.97 bits per heavy atom. The minimum Gasteiger partial charge on any atom is -0.444 e. The molecule has 29 heavy (non-hydrogen) atoms. The molecule has 0 radical (unpaired) electrons. The summed E-state index contributed by atoms with van der Waals surface area (Å²) in [6, 6.07) is 1.84. The van der Waals surface area contributed by atoms with Crippen molar-refractivity contribution in [3.05, 3.63) is 29.7 Å². The first-order chi connectivity index (χ1) is 13.5. The van der Waals surface area contributed by atoms with Crippen molar-refractivity contribution in [3.63, 3.8) is 0 Å². The number of carbonyl (C=O) groups excluding carboxylic acids is 2. The first-order valence-electron chi connectivity index (χ1n) is 9.79. The molecule has 2 aromatic heterocycles. The van der Waals surface area contributed by atoms with Crippen LogP contribution in [0.4, 0.5) is 9.18 Å². The largest absolute Gasteiger partial charge is 0.444 e. The van der Waals surface area contributed by atoms with Gasteiger partial charge in [-0.1, -0.05) is 0 Å². The number of nitrogens with one attached hydrogen (secondary N) is 2. The summed E-state index contributed by atoms with van der Waals surface area (Å²) in [5.74, 6) is -0.0581. The van der Waals surface area contributed by atoms with Crippen molar-refractivity contribution >= 4 is 17.6 Å². The van der Waals surface area contributed by atoms with Crippen LogP contribution in [0.5, 0.6) is 0 Å². The van der Waals surface area contributed by atoms with E-state index in [4.69, 9.17) is 4.74 Å². The highest BCUT2D eigenvalue weighted by Crippen LogP contribution is 2.71. The van der Waals surface area contributed by atoms with Gasteiger partial charge in [-0.3, -0.25) is 4.79 Å². The van der Waals surface area contributed by atoms with E-state index in [1.165, 1.54) is 0 Å². The summed E-state index contributed by atoms with van der Waals surface area (Å²) in [5, 5.41) is 9.84. The summed E-state index contributed by atoms with van der Waals surface area (Å²) in [7, 11) is 0. The average Bonchev–Trinajstić information content (AvgIpc) is 2.96. The molecular formula is C20H26FN5O3. The van der Waals surface area contributed by atoms with Crippen molar-refractivity contribution in [1.82, 2.24) is 25.2 Å². The Hall–Kier alpha value is -2.71. The summed E-state index contributed by atoms with van der Waals surface area (Å²) >= 11 is 0. The number of amides is 2. The molecule has 0 unspecified atom stereocenters. The van der Waals surface area contributed by atoms with Gasteiger partial charge < -0.3 is 15.4 Å². The number of alkyl halides is 1. The summed E-state index contributed by atoms with van der Waals surface area (Å²) in [5.41, 5.74) is 0.453. The van der Waals surface area contributed by atoms with Gasteiger partial charge in [0.2, 0.25) is 5.91 Å². The second-order valence-corrected chi connectivity index (χ2v) is 9.39. The molecular weight excluding hydrogens is 377 g/mol. The predicted octanol–water partition coefficient (Wildman–Crippen LogP) is 2.65. The monoisotopic (exact) mass is 403 g/mol. The molecule has 3 saturated carbocycles. The zero-order valence-electron chi connectivity index (χ0n) is 16.9. The quantitative estimate of drug-likeness (QED) is 0.773. The van der Waals surface area contributed by atoms with Crippen LogP contribution in [0.25, 0.3) is 5.65 Å². The number of nitrogens with zero attached hydrogens (tertiary/aromatic N) is 3. The van der Waals surface area contributed by atoms with Gasteiger partial charge in [-0.25, -0.2) is 18.7 Å². The summed E-state index contributed by atoms with van der Waals surface area (Å²) < 4.78 is 20.4. The maximum absolute atomic E-state index is 13.6. The summed E-state index contributed by atoms with van der Waals surface area (Å²) in [4.78, 5) is 28.3. The number of fused-ring (bicyclic) bond motifs is 1. The van der Waals surface area contributed by atoms with E-state index in [0.717, 1.165) is 5.56 Å². The number of alkyl carbamates (subject to hydrolysis) is 1. The van der Waals surface area contributed by atoms with Gasteiger partial charge in [-0.2, -0.15) is 5.10 Å². The van der Waals surface area contributed by atoms with Gasteiger partial charge in [0.1, 0.15) is 11.3 Å². The second kappa shape index (κ2) is 6.67.